The number of aromatic nitrogens is 1. The van der Waals surface area contributed by atoms with Crippen LogP contribution in [0, 0.1) is 5.82 Å². The molecular weight excluding hydrogens is 331 g/mol. The van der Waals surface area contributed by atoms with Crippen molar-refractivity contribution in [2.45, 2.75) is 0 Å². The molecule has 20 heavy (non-hydrogen) atoms. The van der Waals surface area contributed by atoms with Crippen LogP contribution in [0.2, 0.25) is 0 Å². The summed E-state index contributed by atoms with van der Waals surface area (Å²) in [6.07, 6.45) is 1.23. The molecule has 0 unspecified atom stereocenters. The van der Waals surface area contributed by atoms with E-state index in [0.717, 1.165) is 6.07 Å². The quantitative estimate of drug-likeness (QED) is 0.892. The van der Waals surface area contributed by atoms with E-state index in [0.29, 0.717) is 15.9 Å². The fourth-order valence-corrected chi connectivity index (χ4v) is 2.12. The number of carbonyl (C=O) groups is 1. The highest BCUT2D eigenvalue weighted by molar-refractivity contribution is 9.10. The first-order valence-corrected chi connectivity index (χ1v) is 6.30. The molecule has 0 aliphatic carbocycles. The molecule has 0 atom stereocenters. The topological polar surface area (TPSA) is 71.5 Å². The van der Waals surface area contributed by atoms with Crippen molar-refractivity contribution in [2.24, 2.45) is 0 Å². The number of anilines is 2. The maximum absolute atomic E-state index is 13.9. The molecule has 5 nitrogen and oxygen atoms in total. The molecule has 7 heteroatoms. The maximum atomic E-state index is 13.9. The summed E-state index contributed by atoms with van der Waals surface area (Å²) in [6.45, 7) is 0. The van der Waals surface area contributed by atoms with Crippen LogP contribution in [0.5, 0.6) is 5.75 Å². The number of halogens is 2. The molecular formula is C13H10BrFN2O3. The van der Waals surface area contributed by atoms with Crippen molar-refractivity contribution in [1.82, 2.24) is 4.98 Å². The van der Waals surface area contributed by atoms with E-state index in [1.54, 1.807) is 18.2 Å². The van der Waals surface area contributed by atoms with Gasteiger partial charge in [0.1, 0.15) is 11.3 Å². The molecule has 0 bridgehead atoms. The first-order chi connectivity index (χ1) is 9.52. The number of ether oxygens (including phenoxy) is 1. The highest BCUT2D eigenvalue weighted by Crippen LogP contribution is 2.29. The van der Waals surface area contributed by atoms with Gasteiger partial charge in [-0.25, -0.2) is 14.2 Å². The fraction of sp³-hybridized carbons (Fsp3) is 0.0769. The Bertz CT molecular complexity index is 664. The molecule has 2 aromatic rings. The van der Waals surface area contributed by atoms with Gasteiger partial charge < -0.3 is 15.2 Å². The number of pyridine rings is 1. The lowest BCUT2D eigenvalue weighted by atomic mass is 10.2. The standard InChI is InChI=1S/C13H10BrFN2O3/c1-20-10-3-2-7(6-9(10)14)17-12-11(15)8(13(18)19)4-5-16-12/h2-6H,1H3,(H,16,17)(H,18,19). The van der Waals surface area contributed by atoms with Crippen molar-refractivity contribution in [2.75, 3.05) is 12.4 Å². The van der Waals surface area contributed by atoms with Crippen molar-refractivity contribution in [3.8, 4) is 5.75 Å². The van der Waals surface area contributed by atoms with Gasteiger partial charge in [-0.3, -0.25) is 0 Å². The smallest absolute Gasteiger partial charge is 0.338 e. The number of carboxylic acids is 1. The van der Waals surface area contributed by atoms with Crippen molar-refractivity contribution >= 4 is 33.4 Å². The number of aromatic carboxylic acids is 1. The third kappa shape index (κ3) is 2.88. The number of hydrogen-bond acceptors (Lipinski definition) is 4. The summed E-state index contributed by atoms with van der Waals surface area (Å²) >= 11 is 3.30. The highest BCUT2D eigenvalue weighted by atomic mass is 79.9. The summed E-state index contributed by atoms with van der Waals surface area (Å²) in [6, 6.07) is 6.13. The van der Waals surface area contributed by atoms with Gasteiger partial charge in [0, 0.05) is 11.9 Å². The van der Waals surface area contributed by atoms with E-state index in [9.17, 15) is 9.18 Å². The van der Waals surface area contributed by atoms with Crippen molar-refractivity contribution in [3.05, 3.63) is 46.3 Å². The average Bonchev–Trinajstić information content (AvgIpc) is 2.41. The molecule has 0 aliphatic rings. The van der Waals surface area contributed by atoms with E-state index in [4.69, 9.17) is 9.84 Å². The van der Waals surface area contributed by atoms with Crippen molar-refractivity contribution < 1.29 is 19.0 Å². The van der Waals surface area contributed by atoms with Crippen LogP contribution in [0.25, 0.3) is 0 Å². The summed E-state index contributed by atoms with van der Waals surface area (Å²) in [5.74, 6) is -1.78. The Morgan fingerprint density at radius 3 is 2.80 bits per heavy atom. The van der Waals surface area contributed by atoms with Gasteiger partial charge in [0.05, 0.1) is 11.6 Å². The number of nitrogens with one attached hydrogen (secondary N) is 1. The highest BCUT2D eigenvalue weighted by Gasteiger charge is 2.15. The van der Waals surface area contributed by atoms with Crippen LogP contribution in [0.15, 0.2) is 34.9 Å². The zero-order chi connectivity index (χ0) is 14.7. The Kier molecular flexibility index (Phi) is 4.19. The maximum Gasteiger partial charge on any atom is 0.338 e. The Hall–Kier alpha value is -2.15. The molecule has 0 saturated heterocycles. The molecule has 1 heterocycles. The van der Waals surface area contributed by atoms with Crippen molar-refractivity contribution in [1.29, 1.82) is 0 Å². The minimum absolute atomic E-state index is 0.151. The zero-order valence-electron chi connectivity index (χ0n) is 10.4. The van der Waals surface area contributed by atoms with Crippen LogP contribution in [-0.4, -0.2) is 23.2 Å². The van der Waals surface area contributed by atoms with Crippen molar-refractivity contribution in [3.63, 3.8) is 0 Å². The van der Waals surface area contributed by atoms with Crippen LogP contribution >= 0.6 is 15.9 Å². The second-order valence-electron chi connectivity index (χ2n) is 3.80. The van der Waals surface area contributed by atoms with E-state index < -0.39 is 17.3 Å². The summed E-state index contributed by atoms with van der Waals surface area (Å²) in [5, 5.41) is 11.6. The lowest BCUT2D eigenvalue weighted by molar-refractivity contribution is 0.0692. The largest absolute Gasteiger partial charge is 0.496 e. The third-order valence-electron chi connectivity index (χ3n) is 2.53. The summed E-state index contributed by atoms with van der Waals surface area (Å²) in [7, 11) is 1.53. The lowest BCUT2D eigenvalue weighted by Crippen LogP contribution is -2.05. The molecule has 104 valence electrons. The minimum atomic E-state index is -1.34. The molecule has 1 aromatic heterocycles. The van der Waals surface area contributed by atoms with E-state index in [2.05, 4.69) is 26.2 Å². The normalized spacial score (nSPS) is 10.2. The molecule has 0 radical (unpaired) electrons. The van der Waals surface area contributed by atoms with Gasteiger partial charge in [0.15, 0.2) is 11.6 Å². The Morgan fingerprint density at radius 2 is 2.20 bits per heavy atom. The third-order valence-corrected chi connectivity index (χ3v) is 3.15. The zero-order valence-corrected chi connectivity index (χ0v) is 11.9. The van der Waals surface area contributed by atoms with Crippen LogP contribution in [0.4, 0.5) is 15.9 Å². The van der Waals surface area contributed by atoms with Crippen LogP contribution in [-0.2, 0) is 0 Å². The van der Waals surface area contributed by atoms with Gasteiger partial charge in [0.25, 0.3) is 0 Å². The predicted octanol–water partition coefficient (Wildman–Crippen LogP) is 3.43. The summed E-state index contributed by atoms with van der Waals surface area (Å²) < 4.78 is 19.7. The number of benzene rings is 1. The fourth-order valence-electron chi connectivity index (χ4n) is 1.58. The van der Waals surface area contributed by atoms with Gasteiger partial charge in [0.2, 0.25) is 0 Å². The van der Waals surface area contributed by atoms with Crippen LogP contribution in [0.1, 0.15) is 10.4 Å². The molecule has 0 aliphatic heterocycles. The monoisotopic (exact) mass is 340 g/mol. The minimum Gasteiger partial charge on any atom is -0.496 e. The number of rotatable bonds is 4. The number of hydrogen-bond donors (Lipinski definition) is 2. The first kappa shape index (κ1) is 14.3. The second-order valence-corrected chi connectivity index (χ2v) is 4.65. The van der Waals surface area contributed by atoms with E-state index in [-0.39, 0.29) is 5.82 Å². The Labute approximate surface area is 122 Å². The number of nitrogens with zero attached hydrogens (tertiary/aromatic N) is 1. The van der Waals surface area contributed by atoms with E-state index in [1.165, 1.54) is 13.3 Å². The number of methoxy groups -OCH3 is 1. The van der Waals surface area contributed by atoms with Crippen LogP contribution in [0.3, 0.4) is 0 Å². The molecule has 0 spiro atoms. The lowest BCUT2D eigenvalue weighted by Gasteiger charge is -2.10. The molecule has 0 amide bonds. The van der Waals surface area contributed by atoms with Gasteiger partial charge in [-0.1, -0.05) is 0 Å². The van der Waals surface area contributed by atoms with Crippen LogP contribution < -0.4 is 10.1 Å². The molecule has 2 rings (SSSR count). The van der Waals surface area contributed by atoms with E-state index >= 15 is 0 Å². The van der Waals surface area contributed by atoms with E-state index in [1.807, 2.05) is 0 Å². The predicted molar refractivity (Wildman–Crippen MR) is 75.1 cm³/mol. The van der Waals surface area contributed by atoms with Gasteiger partial charge in [-0.05, 0) is 40.2 Å². The molecule has 0 fully saturated rings. The Balaban J connectivity index is 2.33. The first-order valence-electron chi connectivity index (χ1n) is 5.51. The number of carboxylic acid groups (broad SMARTS) is 1. The van der Waals surface area contributed by atoms with Gasteiger partial charge in [-0.15, -0.1) is 0 Å². The Morgan fingerprint density at radius 1 is 1.45 bits per heavy atom. The second kappa shape index (κ2) is 5.87. The van der Waals surface area contributed by atoms with Gasteiger partial charge in [-0.2, -0.15) is 0 Å². The molecule has 1 aromatic carbocycles. The average molecular weight is 341 g/mol. The summed E-state index contributed by atoms with van der Waals surface area (Å²) in [4.78, 5) is 14.6. The molecule has 2 N–H and O–H groups in total. The summed E-state index contributed by atoms with van der Waals surface area (Å²) in [5.41, 5.74) is 0.113. The SMILES string of the molecule is COc1ccc(Nc2nccc(C(=O)O)c2F)cc1Br. The van der Waals surface area contributed by atoms with Gasteiger partial charge >= 0.3 is 5.97 Å². The molecule has 0 saturated carbocycles.